The molecule has 1 aromatic carbocycles. The zero-order valence-electron chi connectivity index (χ0n) is 15.1. The van der Waals surface area contributed by atoms with Crippen LogP contribution in [0.1, 0.15) is 58.4 Å². The van der Waals surface area contributed by atoms with Crippen LogP contribution in [0.3, 0.4) is 0 Å². The summed E-state index contributed by atoms with van der Waals surface area (Å²) in [4.78, 5) is 35.7. The van der Waals surface area contributed by atoms with Crippen LogP contribution in [-0.2, 0) is 10.2 Å². The molecule has 0 aliphatic carbocycles. The predicted octanol–water partition coefficient (Wildman–Crippen LogP) is 3.59. The van der Waals surface area contributed by atoms with E-state index in [0.29, 0.717) is 11.1 Å². The summed E-state index contributed by atoms with van der Waals surface area (Å²) >= 11 is 0. The number of esters is 1. The fraction of sp³-hybridized carbons (Fsp3) is 0.350. The zero-order chi connectivity index (χ0) is 18.8. The molecule has 0 saturated heterocycles. The van der Waals surface area contributed by atoms with Crippen molar-refractivity contribution in [3.63, 3.8) is 0 Å². The van der Waals surface area contributed by atoms with Crippen LogP contribution in [0.5, 0.6) is 0 Å². The summed E-state index contributed by atoms with van der Waals surface area (Å²) in [5.74, 6) is -0.795. The van der Waals surface area contributed by atoms with Crippen molar-refractivity contribution in [1.82, 2.24) is 0 Å². The van der Waals surface area contributed by atoms with E-state index in [4.69, 9.17) is 9.15 Å². The van der Waals surface area contributed by atoms with E-state index in [-0.39, 0.29) is 29.1 Å². The summed E-state index contributed by atoms with van der Waals surface area (Å²) in [6.45, 7) is 9.04. The van der Waals surface area contributed by atoms with Gasteiger partial charge in [0.2, 0.25) is 0 Å². The molecular formula is C20H22O5. The van der Waals surface area contributed by atoms with Crippen molar-refractivity contribution < 1.29 is 18.7 Å². The van der Waals surface area contributed by atoms with E-state index in [9.17, 15) is 14.4 Å². The molecule has 0 radical (unpaired) electrons. The molecule has 0 bridgehead atoms. The Balaban J connectivity index is 2.07. The van der Waals surface area contributed by atoms with Gasteiger partial charge in [-0.2, -0.15) is 0 Å². The summed E-state index contributed by atoms with van der Waals surface area (Å²) in [6.07, 6.45) is 0. The number of rotatable bonds is 4. The summed E-state index contributed by atoms with van der Waals surface area (Å²) in [5.41, 5.74) is 1.71. The first-order valence-corrected chi connectivity index (χ1v) is 8.02. The van der Waals surface area contributed by atoms with Crippen LogP contribution in [0, 0.1) is 13.8 Å². The van der Waals surface area contributed by atoms with Crippen LogP contribution in [0.25, 0.3) is 0 Å². The van der Waals surface area contributed by atoms with Crippen LogP contribution in [0.15, 0.2) is 39.5 Å². The summed E-state index contributed by atoms with van der Waals surface area (Å²) in [6, 6.07) is 8.48. The average molecular weight is 342 g/mol. The molecule has 1 heterocycles. The maximum absolute atomic E-state index is 12.2. The second-order valence-electron chi connectivity index (χ2n) is 7.01. The fourth-order valence-electron chi connectivity index (χ4n) is 2.51. The van der Waals surface area contributed by atoms with Crippen LogP contribution in [0.4, 0.5) is 0 Å². The van der Waals surface area contributed by atoms with E-state index < -0.39 is 11.6 Å². The van der Waals surface area contributed by atoms with Gasteiger partial charge in [-0.15, -0.1) is 0 Å². The molecule has 0 aliphatic rings. The molecular weight excluding hydrogens is 320 g/mol. The molecule has 0 aliphatic heterocycles. The molecule has 25 heavy (non-hydrogen) atoms. The van der Waals surface area contributed by atoms with Gasteiger partial charge >= 0.3 is 11.6 Å². The molecule has 1 aromatic heterocycles. The smallest absolute Gasteiger partial charge is 0.342 e. The van der Waals surface area contributed by atoms with Gasteiger partial charge in [-0.05, 0) is 30.4 Å². The Morgan fingerprint density at radius 1 is 1.08 bits per heavy atom. The van der Waals surface area contributed by atoms with E-state index in [1.54, 1.807) is 19.1 Å². The highest BCUT2D eigenvalue weighted by Gasteiger charge is 2.19. The number of carbonyl (C=O) groups is 2. The van der Waals surface area contributed by atoms with Crippen LogP contribution in [-0.4, -0.2) is 18.4 Å². The van der Waals surface area contributed by atoms with Gasteiger partial charge in [0.1, 0.15) is 11.3 Å². The van der Waals surface area contributed by atoms with Crippen molar-refractivity contribution in [3.05, 3.63) is 68.8 Å². The molecule has 0 atom stereocenters. The van der Waals surface area contributed by atoms with Crippen LogP contribution < -0.4 is 5.63 Å². The van der Waals surface area contributed by atoms with Crippen molar-refractivity contribution in [2.24, 2.45) is 0 Å². The SMILES string of the molecule is Cc1cc(=O)oc(C)c1C(=O)OCC(=O)c1ccc(C(C)(C)C)cc1. The second kappa shape index (κ2) is 7.05. The largest absolute Gasteiger partial charge is 0.454 e. The minimum Gasteiger partial charge on any atom is -0.454 e. The number of ether oxygens (including phenoxy) is 1. The highest BCUT2D eigenvalue weighted by molar-refractivity contribution is 5.99. The Hall–Kier alpha value is -2.69. The maximum atomic E-state index is 12.2. The second-order valence-corrected chi connectivity index (χ2v) is 7.01. The van der Waals surface area contributed by atoms with Crippen molar-refractivity contribution in [2.75, 3.05) is 6.61 Å². The highest BCUT2D eigenvalue weighted by atomic mass is 16.5. The Morgan fingerprint density at radius 2 is 1.68 bits per heavy atom. The number of hydrogen-bond acceptors (Lipinski definition) is 5. The van der Waals surface area contributed by atoms with Gasteiger partial charge in [-0.1, -0.05) is 45.0 Å². The highest BCUT2D eigenvalue weighted by Crippen LogP contribution is 2.22. The van der Waals surface area contributed by atoms with Crippen molar-refractivity contribution in [1.29, 1.82) is 0 Å². The molecule has 2 aromatic rings. The lowest BCUT2D eigenvalue weighted by Crippen LogP contribution is -2.18. The number of hydrogen-bond donors (Lipinski definition) is 0. The minimum absolute atomic E-state index is 0.000321. The van der Waals surface area contributed by atoms with Gasteiger partial charge in [0, 0.05) is 11.6 Å². The first-order chi connectivity index (χ1) is 11.6. The van der Waals surface area contributed by atoms with E-state index >= 15 is 0 Å². The van der Waals surface area contributed by atoms with E-state index in [1.807, 2.05) is 12.1 Å². The van der Waals surface area contributed by atoms with Gasteiger partial charge in [0.15, 0.2) is 12.4 Å². The van der Waals surface area contributed by atoms with Gasteiger partial charge in [-0.25, -0.2) is 9.59 Å². The van der Waals surface area contributed by atoms with Crippen LogP contribution >= 0.6 is 0 Å². The lowest BCUT2D eigenvalue weighted by atomic mass is 9.86. The molecule has 0 fully saturated rings. The molecule has 0 N–H and O–H groups in total. The van der Waals surface area contributed by atoms with E-state index in [2.05, 4.69) is 20.8 Å². The molecule has 132 valence electrons. The molecule has 5 heteroatoms. The topological polar surface area (TPSA) is 73.6 Å². The van der Waals surface area contributed by atoms with Crippen LogP contribution in [0.2, 0.25) is 0 Å². The lowest BCUT2D eigenvalue weighted by Gasteiger charge is -2.19. The third-order valence-corrected chi connectivity index (χ3v) is 3.95. The Morgan fingerprint density at radius 3 is 2.20 bits per heavy atom. The Bertz CT molecular complexity index is 825. The summed E-state index contributed by atoms with van der Waals surface area (Å²) in [5, 5.41) is 0. The molecule has 0 saturated carbocycles. The molecule has 0 unspecified atom stereocenters. The molecule has 0 amide bonds. The van der Waals surface area contributed by atoms with E-state index in [1.165, 1.54) is 13.0 Å². The average Bonchev–Trinajstić information content (AvgIpc) is 2.51. The number of aryl methyl sites for hydroxylation is 2. The number of carbonyl (C=O) groups excluding carboxylic acids is 2. The fourth-order valence-corrected chi connectivity index (χ4v) is 2.51. The number of Topliss-reactive ketones (excluding diaryl/α,β-unsaturated/α-hetero) is 1. The normalized spacial score (nSPS) is 11.2. The predicted molar refractivity (Wildman–Crippen MR) is 94.2 cm³/mol. The standard InChI is InChI=1S/C20H22O5/c1-12-10-17(22)25-13(2)18(12)19(23)24-11-16(21)14-6-8-15(9-7-14)20(3,4)5/h6-10H,11H2,1-5H3. The summed E-state index contributed by atoms with van der Waals surface area (Å²) < 4.78 is 10.00. The van der Waals surface area contributed by atoms with Gasteiger partial charge < -0.3 is 9.15 Å². The molecule has 5 nitrogen and oxygen atoms in total. The van der Waals surface area contributed by atoms with Crippen molar-refractivity contribution in [3.8, 4) is 0 Å². The third-order valence-electron chi connectivity index (χ3n) is 3.95. The summed E-state index contributed by atoms with van der Waals surface area (Å²) in [7, 11) is 0. The minimum atomic E-state index is -0.682. The monoisotopic (exact) mass is 342 g/mol. The lowest BCUT2D eigenvalue weighted by molar-refractivity contribution is 0.0470. The van der Waals surface area contributed by atoms with Gasteiger partial charge in [0.25, 0.3) is 0 Å². The Labute approximate surface area is 146 Å². The van der Waals surface area contributed by atoms with Crippen molar-refractivity contribution >= 4 is 11.8 Å². The van der Waals surface area contributed by atoms with E-state index in [0.717, 1.165) is 5.56 Å². The third kappa shape index (κ3) is 4.44. The van der Waals surface area contributed by atoms with Gasteiger partial charge in [0.05, 0.1) is 0 Å². The van der Waals surface area contributed by atoms with Crippen molar-refractivity contribution in [2.45, 2.75) is 40.0 Å². The number of ketones is 1. The maximum Gasteiger partial charge on any atom is 0.342 e. The zero-order valence-corrected chi connectivity index (χ0v) is 15.1. The molecule has 2 rings (SSSR count). The molecule has 0 spiro atoms. The number of benzene rings is 1. The van der Waals surface area contributed by atoms with Gasteiger partial charge in [-0.3, -0.25) is 4.79 Å². The quantitative estimate of drug-likeness (QED) is 0.627. The first-order valence-electron chi connectivity index (χ1n) is 8.02. The Kier molecular flexibility index (Phi) is 5.26. The first kappa shape index (κ1) is 18.6.